The number of aromatic nitrogens is 3. The Hall–Kier alpha value is -1.13. The Morgan fingerprint density at radius 2 is 2.29 bits per heavy atom. The van der Waals surface area contributed by atoms with E-state index >= 15 is 0 Å². The minimum Gasteiger partial charge on any atom is -0.346 e. The van der Waals surface area contributed by atoms with Gasteiger partial charge in [0.1, 0.15) is 17.1 Å². The van der Waals surface area contributed by atoms with Crippen molar-refractivity contribution in [3.8, 4) is 0 Å². The predicted molar refractivity (Wildman–Crippen MR) is 54.2 cm³/mol. The maximum Gasteiger partial charge on any atom is 0.142 e. The monoisotopic (exact) mass is 208 g/mol. The maximum absolute atomic E-state index is 6.01. The van der Waals surface area contributed by atoms with Crippen molar-refractivity contribution in [3.05, 3.63) is 23.2 Å². The summed E-state index contributed by atoms with van der Waals surface area (Å²) in [7, 11) is 0. The first-order chi connectivity index (χ1) is 6.77. The number of hydrogen-bond donors (Lipinski definition) is 2. The van der Waals surface area contributed by atoms with E-state index in [2.05, 4.69) is 15.0 Å². The highest BCUT2D eigenvalue weighted by molar-refractivity contribution is 6.34. The van der Waals surface area contributed by atoms with Crippen LogP contribution in [-0.2, 0) is 0 Å². The molecule has 14 heavy (non-hydrogen) atoms. The van der Waals surface area contributed by atoms with E-state index in [0.717, 1.165) is 23.0 Å². The van der Waals surface area contributed by atoms with Crippen molar-refractivity contribution in [2.24, 2.45) is 5.73 Å². The zero-order valence-corrected chi connectivity index (χ0v) is 8.12. The molecular formula is C9H9ClN4. The Morgan fingerprint density at radius 3 is 3.00 bits per heavy atom. The molecule has 4 nitrogen and oxygen atoms in total. The van der Waals surface area contributed by atoms with Gasteiger partial charge in [-0.1, -0.05) is 11.6 Å². The third-order valence-electron chi connectivity index (χ3n) is 2.69. The first kappa shape index (κ1) is 8.20. The summed E-state index contributed by atoms with van der Waals surface area (Å²) in [6.45, 7) is 0. The molecule has 2 aromatic rings. The fraction of sp³-hybridized carbons (Fsp3) is 0.333. The zero-order chi connectivity index (χ0) is 9.71. The maximum atomic E-state index is 6.01. The van der Waals surface area contributed by atoms with Crippen molar-refractivity contribution in [2.45, 2.75) is 18.4 Å². The molecule has 2 heterocycles. The average Bonchev–Trinajstić information content (AvgIpc) is 2.75. The molecule has 1 saturated carbocycles. The Kier molecular flexibility index (Phi) is 1.57. The molecule has 0 aromatic carbocycles. The Bertz CT molecular complexity index is 493. The van der Waals surface area contributed by atoms with Crippen LogP contribution in [0.4, 0.5) is 0 Å². The van der Waals surface area contributed by atoms with Gasteiger partial charge >= 0.3 is 0 Å². The van der Waals surface area contributed by atoms with Crippen molar-refractivity contribution in [1.82, 2.24) is 15.0 Å². The van der Waals surface area contributed by atoms with Gasteiger partial charge in [-0.05, 0) is 12.0 Å². The highest BCUT2D eigenvalue weighted by atomic mass is 35.5. The van der Waals surface area contributed by atoms with Gasteiger partial charge in [0.15, 0.2) is 0 Å². The van der Waals surface area contributed by atoms with E-state index in [9.17, 15) is 0 Å². The smallest absolute Gasteiger partial charge is 0.142 e. The van der Waals surface area contributed by atoms with Crippen molar-refractivity contribution in [2.75, 3.05) is 0 Å². The minimum atomic E-state index is 0.269. The summed E-state index contributed by atoms with van der Waals surface area (Å²) in [5.74, 6) is 0.423. The van der Waals surface area contributed by atoms with Crippen molar-refractivity contribution in [1.29, 1.82) is 0 Å². The van der Waals surface area contributed by atoms with Crippen LogP contribution in [-0.4, -0.2) is 21.0 Å². The highest BCUT2D eigenvalue weighted by Gasteiger charge is 2.37. The molecule has 0 radical (unpaired) electrons. The largest absolute Gasteiger partial charge is 0.346 e. The summed E-state index contributed by atoms with van der Waals surface area (Å²) in [5, 5.41) is 1.43. The average molecular weight is 209 g/mol. The summed E-state index contributed by atoms with van der Waals surface area (Å²) < 4.78 is 0. The van der Waals surface area contributed by atoms with Crippen LogP contribution in [0.2, 0.25) is 5.15 Å². The van der Waals surface area contributed by atoms with Crippen LogP contribution >= 0.6 is 11.6 Å². The van der Waals surface area contributed by atoms with Gasteiger partial charge in [0.25, 0.3) is 0 Å². The van der Waals surface area contributed by atoms with Gasteiger partial charge in [-0.2, -0.15) is 0 Å². The van der Waals surface area contributed by atoms with Crippen molar-refractivity contribution < 1.29 is 0 Å². The van der Waals surface area contributed by atoms with Crippen LogP contribution in [0.3, 0.4) is 0 Å². The molecule has 2 unspecified atom stereocenters. The van der Waals surface area contributed by atoms with E-state index < -0.39 is 0 Å². The van der Waals surface area contributed by atoms with Crippen LogP contribution in [0.25, 0.3) is 11.0 Å². The number of nitrogens with two attached hydrogens (primary N) is 1. The molecule has 1 aliphatic rings. The van der Waals surface area contributed by atoms with Gasteiger partial charge in [-0.15, -0.1) is 0 Å². The number of nitrogens with zero attached hydrogens (tertiary/aromatic N) is 2. The van der Waals surface area contributed by atoms with E-state index in [1.54, 1.807) is 0 Å². The molecule has 2 atom stereocenters. The van der Waals surface area contributed by atoms with Gasteiger partial charge in [-0.25, -0.2) is 9.97 Å². The fourth-order valence-corrected chi connectivity index (χ4v) is 2.05. The molecule has 0 aliphatic heterocycles. The molecule has 5 heteroatoms. The Labute approximate surface area is 85.5 Å². The molecule has 3 rings (SSSR count). The van der Waals surface area contributed by atoms with Crippen LogP contribution < -0.4 is 5.73 Å². The molecule has 0 saturated heterocycles. The summed E-state index contributed by atoms with van der Waals surface area (Å²) in [6.07, 6.45) is 4.42. The van der Waals surface area contributed by atoms with Gasteiger partial charge in [0.2, 0.25) is 0 Å². The summed E-state index contributed by atoms with van der Waals surface area (Å²) in [5.41, 5.74) is 7.74. The number of nitrogens with one attached hydrogen (secondary N) is 1. The number of fused-ring (bicyclic) bond motifs is 1. The fourth-order valence-electron chi connectivity index (χ4n) is 1.81. The van der Waals surface area contributed by atoms with Crippen LogP contribution in [0.15, 0.2) is 12.5 Å². The molecule has 3 N–H and O–H groups in total. The van der Waals surface area contributed by atoms with E-state index in [4.69, 9.17) is 17.3 Å². The molecule has 2 aromatic heterocycles. The van der Waals surface area contributed by atoms with Gasteiger partial charge in [0, 0.05) is 18.2 Å². The molecular weight excluding hydrogens is 200 g/mol. The van der Waals surface area contributed by atoms with Gasteiger partial charge in [0.05, 0.1) is 5.39 Å². The number of aromatic amines is 1. The summed E-state index contributed by atoms with van der Waals surface area (Å²) in [4.78, 5) is 11.2. The second-order valence-electron chi connectivity index (χ2n) is 3.64. The quantitative estimate of drug-likeness (QED) is 0.697. The Morgan fingerprint density at radius 1 is 1.50 bits per heavy atom. The minimum absolute atomic E-state index is 0.269. The molecule has 1 aliphatic carbocycles. The number of rotatable bonds is 1. The lowest BCUT2D eigenvalue weighted by Gasteiger charge is -1.96. The summed E-state index contributed by atoms with van der Waals surface area (Å²) in [6, 6.07) is 0.269. The second-order valence-corrected chi connectivity index (χ2v) is 4.00. The normalized spacial score (nSPS) is 25.6. The highest BCUT2D eigenvalue weighted by Crippen LogP contribution is 2.43. The lowest BCUT2D eigenvalue weighted by molar-refractivity contribution is 0.996. The first-order valence-corrected chi connectivity index (χ1v) is 4.88. The molecule has 72 valence electrons. The van der Waals surface area contributed by atoms with Gasteiger partial charge in [-0.3, -0.25) is 0 Å². The van der Waals surface area contributed by atoms with Crippen LogP contribution in [0.1, 0.15) is 17.9 Å². The van der Waals surface area contributed by atoms with Crippen molar-refractivity contribution >= 4 is 22.6 Å². The molecule has 0 spiro atoms. The van der Waals surface area contributed by atoms with Gasteiger partial charge < -0.3 is 10.7 Å². The zero-order valence-electron chi connectivity index (χ0n) is 7.37. The van der Waals surface area contributed by atoms with Crippen LogP contribution in [0.5, 0.6) is 0 Å². The lowest BCUT2D eigenvalue weighted by atomic mass is 10.1. The summed E-state index contributed by atoms with van der Waals surface area (Å²) >= 11 is 6.01. The second kappa shape index (κ2) is 2.68. The van der Waals surface area contributed by atoms with E-state index in [1.165, 1.54) is 6.33 Å². The van der Waals surface area contributed by atoms with E-state index in [-0.39, 0.29) is 6.04 Å². The third kappa shape index (κ3) is 1.04. The predicted octanol–water partition coefficient (Wildman–Crippen LogP) is 1.43. The number of H-pyrrole nitrogens is 1. The molecule has 1 fully saturated rings. The topological polar surface area (TPSA) is 67.6 Å². The SMILES string of the molecule is NC1CC1c1c[nH]c2ncnc(Cl)c12. The molecule has 0 amide bonds. The van der Waals surface area contributed by atoms with Crippen LogP contribution in [0, 0.1) is 0 Å². The standard InChI is InChI=1S/C9H9ClN4/c10-8-7-5(4-1-6(4)11)2-12-9(7)14-3-13-8/h2-4,6H,1,11H2,(H,12,13,14). The lowest BCUT2D eigenvalue weighted by Crippen LogP contribution is -2.00. The number of halogens is 1. The van der Waals surface area contributed by atoms with E-state index in [1.807, 2.05) is 6.20 Å². The first-order valence-electron chi connectivity index (χ1n) is 4.50. The third-order valence-corrected chi connectivity index (χ3v) is 2.98. The number of hydrogen-bond acceptors (Lipinski definition) is 3. The molecule has 0 bridgehead atoms. The van der Waals surface area contributed by atoms with Crippen molar-refractivity contribution in [3.63, 3.8) is 0 Å². The Balaban J connectivity index is 2.25. The van der Waals surface area contributed by atoms with E-state index in [0.29, 0.717) is 11.1 Å².